The smallest absolute Gasteiger partial charge is 0.188 e. The molecule has 1 aromatic rings. The van der Waals surface area contributed by atoms with Crippen LogP contribution in [-0.4, -0.2) is 24.8 Å². The molecular weight excluding hydrogens is 400 g/mol. The minimum Gasteiger partial charge on any atom is -0.370 e. The second-order valence-corrected chi connectivity index (χ2v) is 6.13. The summed E-state index contributed by atoms with van der Waals surface area (Å²) in [5, 5.41) is 3.07. The summed E-state index contributed by atoms with van der Waals surface area (Å²) in [6, 6.07) is 6.88. The number of nitrogens with one attached hydrogen (secondary N) is 1. The number of rotatable bonds is 8. The van der Waals surface area contributed by atoms with Crippen molar-refractivity contribution < 1.29 is 4.39 Å². The summed E-state index contributed by atoms with van der Waals surface area (Å²) in [5.74, 6) is 2.55. The van der Waals surface area contributed by atoms with E-state index < -0.39 is 0 Å². The molecule has 0 aliphatic rings. The van der Waals surface area contributed by atoms with Crippen LogP contribution < -0.4 is 11.1 Å². The van der Waals surface area contributed by atoms with Crippen molar-refractivity contribution in [2.24, 2.45) is 16.6 Å². The van der Waals surface area contributed by atoms with Gasteiger partial charge in [-0.15, -0.1) is 24.0 Å². The summed E-state index contributed by atoms with van der Waals surface area (Å²) in [7, 11) is 0. The maximum atomic E-state index is 13.4. The van der Waals surface area contributed by atoms with E-state index in [9.17, 15) is 4.39 Å². The van der Waals surface area contributed by atoms with E-state index in [0.29, 0.717) is 17.6 Å². The predicted octanol–water partition coefficient (Wildman–Crippen LogP) is 3.63. The quantitative estimate of drug-likeness (QED) is 0.290. The van der Waals surface area contributed by atoms with Crippen molar-refractivity contribution in [2.75, 3.05) is 18.8 Å². The molecule has 0 radical (unpaired) electrons. The molecule has 0 aromatic heterocycles. The Labute approximate surface area is 148 Å². The average molecular weight is 425 g/mol. The maximum Gasteiger partial charge on any atom is 0.188 e. The standard InChI is InChI=1S/C15H24FN3S.HI/c1-12(2)7-8-18-15(17)19-9-10-20-11-13-5-3-4-6-14(13)16;/h3-6,12H,7-11H2,1-2H3,(H3,17,18,19);1H. The van der Waals surface area contributed by atoms with Gasteiger partial charge >= 0.3 is 0 Å². The molecule has 1 rings (SSSR count). The van der Waals surface area contributed by atoms with Crippen LogP contribution in [-0.2, 0) is 5.75 Å². The summed E-state index contributed by atoms with van der Waals surface area (Å²) in [6.07, 6.45) is 1.05. The third-order valence-electron chi connectivity index (χ3n) is 2.76. The van der Waals surface area contributed by atoms with E-state index >= 15 is 0 Å². The Morgan fingerprint density at radius 3 is 2.76 bits per heavy atom. The van der Waals surface area contributed by atoms with Crippen molar-refractivity contribution in [3.05, 3.63) is 35.6 Å². The molecule has 1 aromatic carbocycles. The number of aliphatic imine (C=N–C) groups is 1. The van der Waals surface area contributed by atoms with Crippen LogP contribution in [0.25, 0.3) is 0 Å². The van der Waals surface area contributed by atoms with E-state index in [1.807, 2.05) is 12.1 Å². The SMILES string of the molecule is CC(C)CCN=C(N)NCCSCc1ccccc1F.I. The zero-order chi connectivity index (χ0) is 14.8. The number of halogens is 2. The van der Waals surface area contributed by atoms with Gasteiger partial charge in [-0.1, -0.05) is 32.0 Å². The first kappa shape index (κ1) is 20.5. The largest absolute Gasteiger partial charge is 0.370 e. The minimum absolute atomic E-state index is 0. The van der Waals surface area contributed by atoms with Gasteiger partial charge in [0.05, 0.1) is 0 Å². The summed E-state index contributed by atoms with van der Waals surface area (Å²) < 4.78 is 13.4. The van der Waals surface area contributed by atoms with E-state index in [0.717, 1.165) is 30.8 Å². The molecule has 0 unspecified atom stereocenters. The lowest BCUT2D eigenvalue weighted by Gasteiger charge is -2.07. The lowest BCUT2D eigenvalue weighted by molar-refractivity contribution is 0.596. The van der Waals surface area contributed by atoms with Gasteiger partial charge in [-0.25, -0.2) is 4.39 Å². The van der Waals surface area contributed by atoms with Crippen LogP contribution in [0.2, 0.25) is 0 Å². The van der Waals surface area contributed by atoms with Crippen LogP contribution in [0.4, 0.5) is 4.39 Å². The highest BCUT2D eigenvalue weighted by Gasteiger charge is 2.00. The molecule has 21 heavy (non-hydrogen) atoms. The Balaban J connectivity index is 0.00000400. The fraction of sp³-hybridized carbons (Fsp3) is 0.533. The molecule has 0 saturated heterocycles. The Kier molecular flexibility index (Phi) is 11.8. The first-order chi connectivity index (χ1) is 9.59. The van der Waals surface area contributed by atoms with Crippen LogP contribution >= 0.6 is 35.7 Å². The van der Waals surface area contributed by atoms with Crippen LogP contribution in [0.5, 0.6) is 0 Å². The number of nitrogens with zero attached hydrogens (tertiary/aromatic N) is 1. The molecule has 0 saturated carbocycles. The normalized spacial score (nSPS) is 11.3. The van der Waals surface area contributed by atoms with Gasteiger partial charge < -0.3 is 11.1 Å². The molecule has 6 heteroatoms. The molecule has 0 atom stereocenters. The number of hydrogen-bond acceptors (Lipinski definition) is 2. The number of thioether (sulfide) groups is 1. The Bertz CT molecular complexity index is 427. The first-order valence-electron chi connectivity index (χ1n) is 6.94. The molecule has 0 amide bonds. The van der Waals surface area contributed by atoms with E-state index in [1.165, 1.54) is 6.07 Å². The van der Waals surface area contributed by atoms with Gasteiger partial charge in [-0.3, -0.25) is 4.99 Å². The second-order valence-electron chi connectivity index (χ2n) is 5.02. The number of benzene rings is 1. The molecule has 3 nitrogen and oxygen atoms in total. The van der Waals surface area contributed by atoms with Crippen molar-refractivity contribution in [2.45, 2.75) is 26.0 Å². The molecular formula is C15H25FIN3S. The lowest BCUT2D eigenvalue weighted by Crippen LogP contribution is -2.33. The second kappa shape index (κ2) is 12.1. The number of nitrogens with two attached hydrogens (primary N) is 1. The van der Waals surface area contributed by atoms with Crippen LogP contribution in [0.3, 0.4) is 0 Å². The maximum absolute atomic E-state index is 13.4. The molecule has 0 fully saturated rings. The highest BCUT2D eigenvalue weighted by Crippen LogP contribution is 2.14. The molecule has 0 spiro atoms. The first-order valence-corrected chi connectivity index (χ1v) is 8.10. The predicted molar refractivity (Wildman–Crippen MR) is 102 cm³/mol. The topological polar surface area (TPSA) is 50.4 Å². The number of hydrogen-bond donors (Lipinski definition) is 2. The fourth-order valence-corrected chi connectivity index (χ4v) is 2.39. The van der Waals surface area contributed by atoms with Gasteiger partial charge in [0, 0.05) is 24.6 Å². The third-order valence-corrected chi connectivity index (χ3v) is 3.76. The van der Waals surface area contributed by atoms with Crippen LogP contribution in [0, 0.1) is 11.7 Å². The van der Waals surface area contributed by atoms with Crippen LogP contribution in [0.1, 0.15) is 25.8 Å². The van der Waals surface area contributed by atoms with Crippen molar-refractivity contribution >= 4 is 41.7 Å². The summed E-state index contributed by atoms with van der Waals surface area (Å²) in [5.41, 5.74) is 6.49. The summed E-state index contributed by atoms with van der Waals surface area (Å²) in [6.45, 7) is 5.84. The van der Waals surface area contributed by atoms with Gasteiger partial charge in [-0.05, 0) is 24.0 Å². The fourth-order valence-electron chi connectivity index (χ4n) is 1.55. The van der Waals surface area contributed by atoms with Crippen molar-refractivity contribution in [1.82, 2.24) is 5.32 Å². The Morgan fingerprint density at radius 2 is 2.10 bits per heavy atom. The van der Waals surface area contributed by atoms with Crippen molar-refractivity contribution in [1.29, 1.82) is 0 Å². The zero-order valence-corrected chi connectivity index (χ0v) is 15.8. The summed E-state index contributed by atoms with van der Waals surface area (Å²) >= 11 is 1.68. The molecule has 3 N–H and O–H groups in total. The van der Waals surface area contributed by atoms with E-state index in [4.69, 9.17) is 5.73 Å². The number of guanidine groups is 1. The van der Waals surface area contributed by atoms with Gasteiger partial charge in [0.15, 0.2) is 5.96 Å². The third kappa shape index (κ3) is 9.95. The Hall–Kier alpha value is -0.500. The molecule has 0 aliphatic heterocycles. The highest BCUT2D eigenvalue weighted by molar-refractivity contribution is 14.0. The highest BCUT2D eigenvalue weighted by atomic mass is 127. The van der Waals surface area contributed by atoms with Gasteiger partial charge in [-0.2, -0.15) is 11.8 Å². The zero-order valence-electron chi connectivity index (χ0n) is 12.6. The van der Waals surface area contributed by atoms with E-state index in [1.54, 1.807) is 17.8 Å². The van der Waals surface area contributed by atoms with E-state index in [2.05, 4.69) is 24.2 Å². The van der Waals surface area contributed by atoms with E-state index in [-0.39, 0.29) is 29.8 Å². The van der Waals surface area contributed by atoms with Gasteiger partial charge in [0.2, 0.25) is 0 Å². The summed E-state index contributed by atoms with van der Waals surface area (Å²) in [4.78, 5) is 4.25. The van der Waals surface area contributed by atoms with Gasteiger partial charge in [0.25, 0.3) is 0 Å². The monoisotopic (exact) mass is 425 g/mol. The average Bonchev–Trinajstić information content (AvgIpc) is 2.40. The minimum atomic E-state index is -0.136. The molecule has 0 bridgehead atoms. The Morgan fingerprint density at radius 1 is 1.38 bits per heavy atom. The van der Waals surface area contributed by atoms with Crippen molar-refractivity contribution in [3.63, 3.8) is 0 Å². The molecule has 0 aliphatic carbocycles. The lowest BCUT2D eigenvalue weighted by atomic mass is 10.1. The van der Waals surface area contributed by atoms with Gasteiger partial charge in [0.1, 0.15) is 5.82 Å². The van der Waals surface area contributed by atoms with Crippen LogP contribution in [0.15, 0.2) is 29.3 Å². The molecule has 0 heterocycles. The molecule has 120 valence electrons. The van der Waals surface area contributed by atoms with Crippen molar-refractivity contribution in [3.8, 4) is 0 Å².